The van der Waals surface area contributed by atoms with Crippen LogP contribution in [0.3, 0.4) is 0 Å². The number of aliphatic imine (C=N–C) groups is 1. The molecule has 20 N–H and O–H groups in total. The van der Waals surface area contributed by atoms with Crippen molar-refractivity contribution in [2.75, 3.05) is 26.3 Å². The van der Waals surface area contributed by atoms with Gasteiger partial charge < -0.3 is 94.6 Å². The van der Waals surface area contributed by atoms with Gasteiger partial charge in [-0.2, -0.15) is 0 Å². The number of hydrogen-bond acceptors (Lipinski definition) is 17. The third-order valence-electron chi connectivity index (χ3n) is 8.96. The molecule has 2 heterocycles. The molecule has 4 unspecified atom stereocenters. The molecule has 2 aliphatic carbocycles. The molecule has 20 nitrogen and oxygen atoms in total. The Hall–Kier alpha value is -1.86. The van der Waals surface area contributed by atoms with Crippen LogP contribution in [-0.4, -0.2) is 166 Å². The Labute approximate surface area is 265 Å². The van der Waals surface area contributed by atoms with E-state index < -0.39 is 104 Å². The van der Waals surface area contributed by atoms with Crippen LogP contribution in [-0.2, 0) is 23.7 Å². The van der Waals surface area contributed by atoms with E-state index in [4.69, 9.17) is 58.5 Å². The van der Waals surface area contributed by atoms with E-state index in [2.05, 4.69) is 15.6 Å². The van der Waals surface area contributed by atoms with Gasteiger partial charge in [0.25, 0.3) is 5.91 Å². The van der Waals surface area contributed by atoms with Crippen LogP contribution in [0.25, 0.3) is 0 Å². The highest BCUT2D eigenvalue weighted by molar-refractivity contribution is 5.90. The predicted octanol–water partition coefficient (Wildman–Crippen LogP) is -8.38. The number of aliphatic hydroxyl groups excluding tert-OH is 5. The maximum atomic E-state index is 13.2. The van der Waals surface area contributed by atoms with Crippen molar-refractivity contribution < 1.29 is 54.4 Å². The molecule has 2 aliphatic heterocycles. The third-order valence-corrected chi connectivity index (χ3v) is 8.96. The lowest BCUT2D eigenvalue weighted by Crippen LogP contribution is -2.69. The van der Waals surface area contributed by atoms with Gasteiger partial charge in [-0.05, 0) is 19.3 Å². The Balaban J connectivity index is 1.50. The van der Waals surface area contributed by atoms with Gasteiger partial charge in [0.1, 0.15) is 36.6 Å². The van der Waals surface area contributed by atoms with Gasteiger partial charge in [0, 0.05) is 31.6 Å². The average Bonchev–Trinajstić information content (AvgIpc) is 3.67. The van der Waals surface area contributed by atoms with E-state index in [1.165, 1.54) is 0 Å². The third kappa shape index (κ3) is 8.40. The van der Waals surface area contributed by atoms with Gasteiger partial charge in [0.15, 0.2) is 24.1 Å². The number of nitrogens with one attached hydrogen (secondary N) is 2. The van der Waals surface area contributed by atoms with E-state index in [0.29, 0.717) is 25.9 Å². The zero-order valence-electron chi connectivity index (χ0n) is 25.5. The van der Waals surface area contributed by atoms with Crippen molar-refractivity contribution in [1.82, 2.24) is 10.6 Å². The first kappa shape index (κ1) is 37.0. The van der Waals surface area contributed by atoms with Crippen molar-refractivity contribution in [3.05, 3.63) is 0 Å². The maximum absolute atomic E-state index is 13.2. The predicted molar refractivity (Wildman–Crippen MR) is 159 cm³/mol. The SMILES string of the molecule is NC(N)=NC1CC1(O)C(=O)N[C@@H]1C[C@H](N)C(O[C@H]2O[C@H](CNCC(N)CO)CC[C@H]2N)[C@H](O)[C@H]1O[C@H]1O[C@H](CO)[C@@H](O)[C@H](N)[C@H]1O. The topological polar surface area (TPSA) is 368 Å². The summed E-state index contributed by atoms with van der Waals surface area (Å²) in [6, 6.07) is -5.15. The quantitative estimate of drug-likeness (QED) is 0.0641. The first-order valence-electron chi connectivity index (χ1n) is 15.4. The molecule has 0 bridgehead atoms. The molecule has 2 saturated heterocycles. The van der Waals surface area contributed by atoms with Gasteiger partial charge in [-0.1, -0.05) is 0 Å². The van der Waals surface area contributed by atoms with Crippen molar-refractivity contribution in [2.45, 2.75) is 123 Å². The zero-order chi connectivity index (χ0) is 33.9. The second-order valence-electron chi connectivity index (χ2n) is 12.6. The average molecular weight is 666 g/mol. The lowest BCUT2D eigenvalue weighted by molar-refractivity contribution is -0.314. The summed E-state index contributed by atoms with van der Waals surface area (Å²) in [5.74, 6) is -1.15. The molecule has 4 fully saturated rings. The molecule has 0 spiro atoms. The lowest BCUT2D eigenvalue weighted by Gasteiger charge is -2.48. The highest BCUT2D eigenvalue weighted by atomic mass is 16.7. The van der Waals surface area contributed by atoms with Crippen LogP contribution in [0, 0.1) is 0 Å². The Morgan fingerprint density at radius 2 is 1.67 bits per heavy atom. The molecule has 20 heteroatoms. The fraction of sp³-hybridized carbons (Fsp3) is 0.923. The summed E-state index contributed by atoms with van der Waals surface area (Å²) in [6.45, 7) is -0.0632. The summed E-state index contributed by atoms with van der Waals surface area (Å²) in [5, 5.41) is 68.0. The van der Waals surface area contributed by atoms with Gasteiger partial charge in [0.05, 0.1) is 43.5 Å². The van der Waals surface area contributed by atoms with Crippen LogP contribution >= 0.6 is 0 Å². The van der Waals surface area contributed by atoms with E-state index >= 15 is 0 Å². The minimum atomic E-state index is -1.92. The van der Waals surface area contributed by atoms with Gasteiger partial charge >= 0.3 is 0 Å². The number of amides is 1. The largest absolute Gasteiger partial charge is 0.395 e. The van der Waals surface area contributed by atoms with Crippen LogP contribution < -0.4 is 45.0 Å². The summed E-state index contributed by atoms with van der Waals surface area (Å²) >= 11 is 0. The van der Waals surface area contributed by atoms with E-state index in [1.807, 2.05) is 0 Å². The van der Waals surface area contributed by atoms with Crippen molar-refractivity contribution in [3.8, 4) is 0 Å². The summed E-state index contributed by atoms with van der Waals surface area (Å²) in [7, 11) is 0. The van der Waals surface area contributed by atoms with E-state index in [1.54, 1.807) is 0 Å². The second-order valence-corrected chi connectivity index (χ2v) is 12.6. The standard InChI is InChI=1S/C26H51N9O11/c27-9(7-36)5-33-6-10-1-2-11(28)22(43-10)45-20-12(29)3-13(34-24(41)26(42)4-15(26)35-25(31)32)21(19(20)40)46-23-18(39)16(30)17(38)14(8-37)44-23/h9-23,33,36-40,42H,1-8,27-30H2,(H,34,41)(H4,31,32,35)/t9?,10-,11+,12-,13+,14+,15?,16-,17+,18+,19-,20?,21-,22+,23+,26?/m0/s1. The first-order valence-corrected chi connectivity index (χ1v) is 15.4. The highest BCUT2D eigenvalue weighted by Gasteiger charge is 2.61. The molecule has 266 valence electrons. The number of aliphatic hydroxyl groups is 6. The minimum Gasteiger partial charge on any atom is -0.395 e. The van der Waals surface area contributed by atoms with E-state index in [9.17, 15) is 30.3 Å². The molecular weight excluding hydrogens is 614 g/mol. The Bertz CT molecular complexity index is 1050. The number of hydrogen-bond donors (Lipinski definition) is 14. The molecule has 4 aliphatic rings. The van der Waals surface area contributed by atoms with E-state index in [0.717, 1.165) is 0 Å². The lowest BCUT2D eigenvalue weighted by atomic mass is 9.83. The molecule has 1 amide bonds. The smallest absolute Gasteiger partial charge is 0.254 e. The van der Waals surface area contributed by atoms with Gasteiger partial charge in [-0.3, -0.25) is 4.79 Å². The normalized spacial score (nSPS) is 45.1. The van der Waals surface area contributed by atoms with Crippen LogP contribution in [0.1, 0.15) is 25.7 Å². The molecule has 0 aromatic carbocycles. The molecule has 0 radical (unpaired) electrons. The first-order chi connectivity index (χ1) is 21.7. The fourth-order valence-electron chi connectivity index (χ4n) is 6.03. The van der Waals surface area contributed by atoms with E-state index in [-0.39, 0.29) is 31.5 Å². The number of rotatable bonds is 13. The molecule has 0 aromatic heterocycles. The number of ether oxygens (including phenoxy) is 4. The number of carbonyl (C=O) groups excluding carboxylic acids is 1. The van der Waals surface area contributed by atoms with Crippen molar-refractivity contribution >= 4 is 11.9 Å². The summed E-state index contributed by atoms with van der Waals surface area (Å²) in [6.07, 6.45) is -10.2. The molecule has 4 rings (SSSR count). The molecular formula is C26H51N9O11. The van der Waals surface area contributed by atoms with Gasteiger partial charge in [0.2, 0.25) is 0 Å². The molecule has 0 aromatic rings. The van der Waals surface area contributed by atoms with Crippen LogP contribution in [0.15, 0.2) is 4.99 Å². The number of nitrogens with two attached hydrogens (primary N) is 6. The molecule has 16 atom stereocenters. The molecule has 46 heavy (non-hydrogen) atoms. The summed E-state index contributed by atoms with van der Waals surface area (Å²) in [4.78, 5) is 17.0. The second kappa shape index (κ2) is 15.6. The van der Waals surface area contributed by atoms with Crippen molar-refractivity contribution in [2.24, 2.45) is 39.4 Å². The summed E-state index contributed by atoms with van der Waals surface area (Å²) < 4.78 is 23.8. The van der Waals surface area contributed by atoms with Crippen LogP contribution in [0.2, 0.25) is 0 Å². The fourth-order valence-corrected chi connectivity index (χ4v) is 6.03. The zero-order valence-corrected chi connectivity index (χ0v) is 25.5. The van der Waals surface area contributed by atoms with Crippen molar-refractivity contribution in [1.29, 1.82) is 0 Å². The summed E-state index contributed by atoms with van der Waals surface area (Å²) in [5.41, 5.74) is 33.3. The highest BCUT2D eigenvalue weighted by Crippen LogP contribution is 2.40. The van der Waals surface area contributed by atoms with Crippen LogP contribution in [0.4, 0.5) is 0 Å². The number of guanidine groups is 1. The number of nitrogens with zero attached hydrogens (tertiary/aromatic N) is 1. The maximum Gasteiger partial charge on any atom is 0.254 e. The van der Waals surface area contributed by atoms with Gasteiger partial charge in [-0.15, -0.1) is 0 Å². The Morgan fingerprint density at radius 3 is 2.33 bits per heavy atom. The van der Waals surface area contributed by atoms with Gasteiger partial charge in [-0.25, -0.2) is 4.99 Å². The van der Waals surface area contributed by atoms with Crippen LogP contribution in [0.5, 0.6) is 0 Å². The minimum absolute atomic E-state index is 0.0475. The Morgan fingerprint density at radius 1 is 0.978 bits per heavy atom. The van der Waals surface area contributed by atoms with Crippen molar-refractivity contribution in [3.63, 3.8) is 0 Å². The number of carbonyl (C=O) groups is 1. The molecule has 2 saturated carbocycles. The Kier molecular flexibility index (Phi) is 12.5. The monoisotopic (exact) mass is 665 g/mol.